The number of pyridine rings is 1. The smallest absolute Gasteiger partial charge is 0.263 e. The predicted octanol–water partition coefficient (Wildman–Crippen LogP) is 3.49. The molecule has 0 radical (unpaired) electrons. The maximum absolute atomic E-state index is 14.8. The fourth-order valence-corrected chi connectivity index (χ4v) is 5.00. The van der Waals surface area contributed by atoms with Crippen LogP contribution >= 0.6 is 11.6 Å². The van der Waals surface area contributed by atoms with E-state index in [-0.39, 0.29) is 39.3 Å². The van der Waals surface area contributed by atoms with E-state index in [1.807, 2.05) is 0 Å². The van der Waals surface area contributed by atoms with Crippen LogP contribution in [0.4, 0.5) is 10.1 Å². The van der Waals surface area contributed by atoms with Crippen molar-refractivity contribution in [2.75, 3.05) is 5.73 Å². The molecule has 4 rings (SSSR count). The minimum atomic E-state index is -4.13. The number of hydrogen-bond donors (Lipinski definition) is 1. The van der Waals surface area contributed by atoms with E-state index in [0.29, 0.717) is 4.09 Å². The Morgan fingerprint density at radius 3 is 2.77 bits per heavy atom. The van der Waals surface area contributed by atoms with Crippen molar-refractivity contribution in [3.63, 3.8) is 0 Å². The molecule has 0 bridgehead atoms. The van der Waals surface area contributed by atoms with E-state index in [1.54, 1.807) is 18.2 Å². The van der Waals surface area contributed by atoms with Gasteiger partial charge in [-0.05, 0) is 31.5 Å². The topological polar surface area (TPSA) is 108 Å². The fraction of sp³-hybridized carbons (Fsp3) is 0.150. The van der Waals surface area contributed by atoms with Gasteiger partial charge in [0.15, 0.2) is 0 Å². The Balaban J connectivity index is 1.92. The van der Waals surface area contributed by atoms with Gasteiger partial charge in [-0.3, -0.25) is 9.78 Å². The Kier molecular flexibility index (Phi) is 4.74. The maximum Gasteiger partial charge on any atom is 0.263 e. The molecule has 0 amide bonds. The Morgan fingerprint density at radius 2 is 2.07 bits per heavy atom. The van der Waals surface area contributed by atoms with Gasteiger partial charge in [0, 0.05) is 17.1 Å². The number of nitrogens with zero attached hydrogens (tertiary/aromatic N) is 3. The van der Waals surface area contributed by atoms with Crippen LogP contribution in [0.1, 0.15) is 29.4 Å². The van der Waals surface area contributed by atoms with E-state index in [1.165, 1.54) is 31.3 Å². The number of carbonyl (C=O) groups excluding carboxylic acids is 1. The third-order valence-electron chi connectivity index (χ3n) is 5.08. The van der Waals surface area contributed by atoms with Gasteiger partial charge in [-0.1, -0.05) is 35.9 Å². The largest absolute Gasteiger partial charge is 0.396 e. The van der Waals surface area contributed by atoms with E-state index in [4.69, 9.17) is 17.3 Å². The van der Waals surface area contributed by atoms with Crippen LogP contribution in [0.2, 0.25) is 5.02 Å². The van der Waals surface area contributed by atoms with Gasteiger partial charge in [-0.25, -0.2) is 12.8 Å². The molecule has 3 aromatic rings. The van der Waals surface area contributed by atoms with E-state index in [0.717, 1.165) is 12.3 Å². The highest BCUT2D eigenvalue weighted by Gasteiger charge is 2.40. The molecule has 0 aliphatic heterocycles. The number of aromatic nitrogens is 3. The lowest BCUT2D eigenvalue weighted by Crippen LogP contribution is -2.38. The summed E-state index contributed by atoms with van der Waals surface area (Å²) in [5.74, 6) is -1.45. The summed E-state index contributed by atoms with van der Waals surface area (Å²) in [5, 5.41) is 4.11. The molecule has 7 nitrogen and oxygen atoms in total. The van der Waals surface area contributed by atoms with E-state index in [9.17, 15) is 17.6 Å². The molecule has 2 N–H and O–H groups in total. The number of halogens is 2. The van der Waals surface area contributed by atoms with Gasteiger partial charge in [0.1, 0.15) is 21.8 Å². The molecule has 30 heavy (non-hydrogen) atoms. The number of benzene rings is 1. The van der Waals surface area contributed by atoms with Crippen molar-refractivity contribution in [3.05, 3.63) is 77.0 Å². The highest BCUT2D eigenvalue weighted by molar-refractivity contribution is 7.91. The second-order valence-electron chi connectivity index (χ2n) is 7.04. The van der Waals surface area contributed by atoms with Crippen molar-refractivity contribution in [3.8, 4) is 0 Å². The normalized spacial score (nSPS) is 18.8. The molecule has 0 fully saturated rings. The summed E-state index contributed by atoms with van der Waals surface area (Å²) in [4.78, 5) is 17.0. The lowest BCUT2D eigenvalue weighted by atomic mass is 10.0. The summed E-state index contributed by atoms with van der Waals surface area (Å²) in [7, 11) is -4.13. The zero-order valence-electron chi connectivity index (χ0n) is 15.7. The summed E-state index contributed by atoms with van der Waals surface area (Å²) in [5.41, 5.74) is 5.43. The molecule has 2 heterocycles. The molecule has 1 aliphatic carbocycles. The third-order valence-corrected chi connectivity index (χ3v) is 7.63. The summed E-state index contributed by atoms with van der Waals surface area (Å²) in [6, 6.07) is 3.69. The Morgan fingerprint density at radius 1 is 1.30 bits per heavy atom. The van der Waals surface area contributed by atoms with Gasteiger partial charge in [-0.2, -0.15) is 9.19 Å². The molecule has 0 saturated heterocycles. The van der Waals surface area contributed by atoms with Crippen LogP contribution in [-0.4, -0.2) is 33.1 Å². The Labute approximate surface area is 176 Å². The molecular weight excluding hydrogens is 431 g/mol. The lowest BCUT2D eigenvalue weighted by molar-refractivity contribution is 0.103. The second kappa shape index (κ2) is 7.03. The number of rotatable bonds is 4. The summed E-state index contributed by atoms with van der Waals surface area (Å²) >= 11 is 5.97. The summed E-state index contributed by atoms with van der Waals surface area (Å²) in [6.45, 7) is 1.53. The summed E-state index contributed by atoms with van der Waals surface area (Å²) < 4.78 is 40.7. The maximum atomic E-state index is 14.8. The van der Waals surface area contributed by atoms with Gasteiger partial charge in [0.25, 0.3) is 10.0 Å². The first-order valence-corrected chi connectivity index (χ1v) is 10.7. The number of nitrogens with two attached hydrogens (primary N) is 1. The van der Waals surface area contributed by atoms with Gasteiger partial charge in [-0.15, -0.1) is 0 Å². The SMILES string of the molecule is CC1(S(=O)(=O)n2ncc3c(C(=O)c4nccc(Cl)c4N)ccc(F)c32)C=CC=CC1. The first-order valence-electron chi connectivity index (χ1n) is 8.88. The average molecular weight is 447 g/mol. The van der Waals surface area contributed by atoms with Crippen molar-refractivity contribution in [1.29, 1.82) is 0 Å². The van der Waals surface area contributed by atoms with Crippen LogP contribution in [0.15, 0.2) is 54.9 Å². The van der Waals surface area contributed by atoms with E-state index >= 15 is 0 Å². The van der Waals surface area contributed by atoms with Crippen LogP contribution in [0, 0.1) is 5.82 Å². The number of carbonyl (C=O) groups is 1. The first-order chi connectivity index (χ1) is 14.2. The third kappa shape index (κ3) is 2.93. The number of allylic oxidation sites excluding steroid dienone is 3. The zero-order chi connectivity index (χ0) is 21.7. The second-order valence-corrected chi connectivity index (χ2v) is 9.67. The molecule has 10 heteroatoms. The predicted molar refractivity (Wildman–Crippen MR) is 112 cm³/mol. The van der Waals surface area contributed by atoms with Crippen LogP contribution in [0.5, 0.6) is 0 Å². The highest BCUT2D eigenvalue weighted by Crippen LogP contribution is 2.33. The molecule has 154 valence electrons. The summed E-state index contributed by atoms with van der Waals surface area (Å²) in [6.07, 6.45) is 9.27. The molecule has 2 aromatic heterocycles. The van der Waals surface area contributed by atoms with Crippen LogP contribution in [0.3, 0.4) is 0 Å². The lowest BCUT2D eigenvalue weighted by Gasteiger charge is -2.26. The molecule has 1 atom stereocenters. The first kappa shape index (κ1) is 20.2. The van der Waals surface area contributed by atoms with Crippen LogP contribution in [0.25, 0.3) is 10.9 Å². The van der Waals surface area contributed by atoms with Crippen molar-refractivity contribution < 1.29 is 17.6 Å². The number of ketones is 1. The van der Waals surface area contributed by atoms with Gasteiger partial charge < -0.3 is 5.73 Å². The highest BCUT2D eigenvalue weighted by atomic mass is 35.5. The average Bonchev–Trinajstić information content (AvgIpc) is 3.17. The van der Waals surface area contributed by atoms with Gasteiger partial charge in [0.05, 0.1) is 16.9 Å². The number of fused-ring (bicyclic) bond motifs is 1. The fourth-order valence-electron chi connectivity index (χ4n) is 3.31. The van der Waals surface area contributed by atoms with Gasteiger partial charge >= 0.3 is 0 Å². The zero-order valence-corrected chi connectivity index (χ0v) is 17.3. The van der Waals surface area contributed by atoms with Crippen molar-refractivity contribution in [2.24, 2.45) is 0 Å². The van der Waals surface area contributed by atoms with E-state index in [2.05, 4.69) is 10.1 Å². The standard InChI is InChI=1S/C20H16ClFN4O3S/c1-20(8-3-2-4-9-20)30(28,29)26-18-13(11-25-26)12(5-6-15(18)22)19(27)17-16(23)14(21)7-10-24-17/h2-8,10-11H,9,23H2,1H3. The molecule has 1 unspecified atom stereocenters. The van der Waals surface area contributed by atoms with Crippen LogP contribution in [-0.2, 0) is 10.0 Å². The molecule has 0 spiro atoms. The number of anilines is 1. The van der Waals surface area contributed by atoms with Crippen molar-refractivity contribution in [1.82, 2.24) is 14.2 Å². The van der Waals surface area contributed by atoms with Crippen molar-refractivity contribution in [2.45, 2.75) is 18.1 Å². The molecular formula is C20H16ClFN4O3S. The number of hydrogen-bond acceptors (Lipinski definition) is 6. The van der Waals surface area contributed by atoms with Crippen molar-refractivity contribution >= 4 is 44.0 Å². The molecule has 0 saturated carbocycles. The van der Waals surface area contributed by atoms with Gasteiger partial charge in [0.2, 0.25) is 5.78 Å². The quantitative estimate of drug-likeness (QED) is 0.614. The Hall–Kier alpha value is -3.04. The molecule has 1 aliphatic rings. The molecule has 1 aromatic carbocycles. The minimum absolute atomic E-state index is 0.0125. The Bertz CT molecular complexity index is 1360. The van der Waals surface area contributed by atoms with E-state index < -0.39 is 26.4 Å². The number of nitrogen functional groups attached to an aromatic ring is 1. The van der Waals surface area contributed by atoms with Crippen LogP contribution < -0.4 is 5.73 Å². The minimum Gasteiger partial charge on any atom is -0.396 e. The monoisotopic (exact) mass is 446 g/mol.